The van der Waals surface area contributed by atoms with Crippen molar-refractivity contribution in [3.05, 3.63) is 77.6 Å². The molecule has 0 saturated carbocycles. The van der Waals surface area contributed by atoms with Gasteiger partial charge in [-0.15, -0.1) is 0 Å². The molecule has 0 aliphatic carbocycles. The lowest BCUT2D eigenvalue weighted by molar-refractivity contribution is 0.0400. The Labute approximate surface area is 228 Å². The number of rotatable bonds is 15. The van der Waals surface area contributed by atoms with Crippen LogP contribution in [0.1, 0.15) is 47.9 Å². The fourth-order valence-corrected chi connectivity index (χ4v) is 3.75. The summed E-state index contributed by atoms with van der Waals surface area (Å²) in [6.45, 7) is 8.16. The standard InChI is InChI=1S/C31H35FO7/c1-4-21(3)20-39-31(35)25-12-8-23(9-13-25)22-6-10-24(11-7-22)28-26(30(33)34)14-15-27(29(28)32)38-19-18-37-17-16-36-5-2/h6-15,21H,4-5,16-20H2,1-3H3,(H,33,34)/t21-/m0/s1. The first kappa shape index (κ1) is 29.8. The number of aromatic carboxylic acids is 1. The molecule has 1 atom stereocenters. The van der Waals surface area contributed by atoms with E-state index in [1.807, 2.05) is 32.9 Å². The van der Waals surface area contributed by atoms with Crippen LogP contribution in [0, 0.1) is 11.7 Å². The summed E-state index contributed by atoms with van der Waals surface area (Å²) in [7, 11) is 0. The monoisotopic (exact) mass is 538 g/mol. The Hall–Kier alpha value is -3.75. The zero-order chi connectivity index (χ0) is 28.2. The molecule has 1 N–H and O–H groups in total. The molecule has 7 nitrogen and oxygen atoms in total. The molecule has 3 aromatic carbocycles. The molecule has 3 aromatic rings. The van der Waals surface area contributed by atoms with Gasteiger partial charge in [-0.1, -0.05) is 56.7 Å². The van der Waals surface area contributed by atoms with E-state index >= 15 is 4.39 Å². The molecule has 0 fully saturated rings. The average molecular weight is 539 g/mol. The molecular weight excluding hydrogens is 503 g/mol. The van der Waals surface area contributed by atoms with Gasteiger partial charge in [0.05, 0.1) is 37.6 Å². The normalized spacial score (nSPS) is 11.7. The van der Waals surface area contributed by atoms with Gasteiger partial charge < -0.3 is 24.1 Å². The Balaban J connectivity index is 1.73. The summed E-state index contributed by atoms with van der Waals surface area (Å²) in [5.41, 5.74) is 2.32. The van der Waals surface area contributed by atoms with Gasteiger partial charge in [-0.3, -0.25) is 0 Å². The topological polar surface area (TPSA) is 91.3 Å². The van der Waals surface area contributed by atoms with E-state index in [0.717, 1.165) is 17.5 Å². The minimum absolute atomic E-state index is 0.0525. The number of hydrogen-bond donors (Lipinski definition) is 1. The van der Waals surface area contributed by atoms with E-state index in [2.05, 4.69) is 0 Å². The van der Waals surface area contributed by atoms with Crippen LogP contribution in [0.4, 0.5) is 4.39 Å². The van der Waals surface area contributed by atoms with E-state index in [9.17, 15) is 14.7 Å². The highest BCUT2D eigenvalue weighted by Gasteiger charge is 2.20. The average Bonchev–Trinajstić information content (AvgIpc) is 2.95. The molecule has 39 heavy (non-hydrogen) atoms. The van der Waals surface area contributed by atoms with Gasteiger partial charge in [0.15, 0.2) is 11.6 Å². The second-order valence-electron chi connectivity index (χ2n) is 9.03. The Morgan fingerprint density at radius 2 is 1.41 bits per heavy atom. The van der Waals surface area contributed by atoms with Crippen molar-refractivity contribution in [1.29, 1.82) is 0 Å². The van der Waals surface area contributed by atoms with E-state index in [1.54, 1.807) is 36.4 Å². The maximum absolute atomic E-state index is 15.4. The number of carbonyl (C=O) groups excluding carboxylic acids is 1. The van der Waals surface area contributed by atoms with Gasteiger partial charge >= 0.3 is 11.9 Å². The van der Waals surface area contributed by atoms with Crippen LogP contribution in [0.3, 0.4) is 0 Å². The lowest BCUT2D eigenvalue weighted by atomic mass is 9.96. The van der Waals surface area contributed by atoms with Gasteiger partial charge in [-0.25, -0.2) is 14.0 Å². The molecule has 0 unspecified atom stereocenters. The number of ether oxygens (including phenoxy) is 4. The van der Waals surface area contributed by atoms with Gasteiger partial charge in [-0.05, 0) is 53.8 Å². The van der Waals surface area contributed by atoms with Crippen LogP contribution in [0.2, 0.25) is 0 Å². The molecular formula is C31H35FO7. The molecule has 0 amide bonds. The smallest absolute Gasteiger partial charge is 0.338 e. The van der Waals surface area contributed by atoms with Crippen molar-refractivity contribution in [1.82, 2.24) is 0 Å². The molecule has 0 aliphatic heterocycles. The second kappa shape index (κ2) is 15.0. The van der Waals surface area contributed by atoms with Crippen molar-refractivity contribution in [2.45, 2.75) is 27.2 Å². The summed E-state index contributed by atoms with van der Waals surface area (Å²) in [6, 6.07) is 16.5. The summed E-state index contributed by atoms with van der Waals surface area (Å²) in [5, 5.41) is 9.67. The molecule has 0 aliphatic rings. The highest BCUT2D eigenvalue weighted by Crippen LogP contribution is 2.34. The summed E-state index contributed by atoms with van der Waals surface area (Å²) in [5.74, 6) is -2.11. The van der Waals surface area contributed by atoms with Crippen LogP contribution >= 0.6 is 0 Å². The maximum atomic E-state index is 15.4. The predicted molar refractivity (Wildman–Crippen MR) is 147 cm³/mol. The summed E-state index contributed by atoms with van der Waals surface area (Å²) in [4.78, 5) is 24.1. The Morgan fingerprint density at radius 1 is 0.821 bits per heavy atom. The van der Waals surface area contributed by atoms with E-state index in [4.69, 9.17) is 18.9 Å². The first-order valence-electron chi connectivity index (χ1n) is 13.1. The first-order chi connectivity index (χ1) is 18.8. The fraction of sp³-hybridized carbons (Fsp3) is 0.355. The largest absolute Gasteiger partial charge is 0.488 e. The predicted octanol–water partition coefficient (Wildman–Crippen LogP) is 6.49. The van der Waals surface area contributed by atoms with Crippen molar-refractivity contribution in [2.24, 2.45) is 5.92 Å². The molecule has 0 radical (unpaired) electrons. The van der Waals surface area contributed by atoms with E-state index in [-0.39, 0.29) is 36.1 Å². The third kappa shape index (κ3) is 8.37. The summed E-state index contributed by atoms with van der Waals surface area (Å²) < 4.78 is 36.9. The third-order valence-electron chi connectivity index (χ3n) is 6.22. The van der Waals surface area contributed by atoms with E-state index < -0.39 is 11.8 Å². The second-order valence-corrected chi connectivity index (χ2v) is 9.03. The van der Waals surface area contributed by atoms with Crippen molar-refractivity contribution in [3.63, 3.8) is 0 Å². The molecule has 3 rings (SSSR count). The number of halogens is 1. The molecule has 0 saturated heterocycles. The Bertz CT molecular complexity index is 1220. The molecule has 0 spiro atoms. The van der Waals surface area contributed by atoms with E-state index in [1.165, 1.54) is 12.1 Å². The Morgan fingerprint density at radius 3 is 2.03 bits per heavy atom. The van der Waals surface area contributed by atoms with Crippen LogP contribution in [-0.4, -0.2) is 56.7 Å². The number of esters is 1. The molecule has 0 bridgehead atoms. The first-order valence-corrected chi connectivity index (χ1v) is 13.1. The Kier molecular flexibility index (Phi) is 11.5. The lowest BCUT2D eigenvalue weighted by Gasteiger charge is -2.14. The van der Waals surface area contributed by atoms with Crippen molar-refractivity contribution in [2.75, 3.05) is 39.6 Å². The number of carbonyl (C=O) groups is 2. The van der Waals surface area contributed by atoms with Crippen LogP contribution < -0.4 is 4.74 Å². The lowest BCUT2D eigenvalue weighted by Crippen LogP contribution is -2.12. The highest BCUT2D eigenvalue weighted by atomic mass is 19.1. The molecule has 208 valence electrons. The van der Waals surface area contributed by atoms with Gasteiger partial charge in [0.2, 0.25) is 0 Å². The zero-order valence-electron chi connectivity index (χ0n) is 22.6. The number of carboxylic acids is 1. The van der Waals surface area contributed by atoms with Crippen molar-refractivity contribution < 1.29 is 38.0 Å². The van der Waals surface area contributed by atoms with Gasteiger partial charge in [0.25, 0.3) is 0 Å². The number of carboxylic acid groups (broad SMARTS) is 1. The molecule has 8 heteroatoms. The van der Waals surface area contributed by atoms with Crippen LogP contribution in [0.25, 0.3) is 22.3 Å². The third-order valence-corrected chi connectivity index (χ3v) is 6.22. The SMILES string of the molecule is CCOCCOCCOc1ccc(C(=O)O)c(-c2ccc(-c3ccc(C(=O)OC[C@@H](C)CC)cc3)cc2)c1F. The molecule has 0 heterocycles. The van der Waals surface area contributed by atoms with Gasteiger partial charge in [-0.2, -0.15) is 0 Å². The quantitative estimate of drug-likeness (QED) is 0.175. The van der Waals surface area contributed by atoms with Gasteiger partial charge in [0, 0.05) is 12.2 Å². The minimum Gasteiger partial charge on any atom is -0.488 e. The van der Waals surface area contributed by atoms with Crippen LogP contribution in [0.5, 0.6) is 5.75 Å². The number of benzene rings is 3. The summed E-state index contributed by atoms with van der Waals surface area (Å²) in [6.07, 6.45) is 0.932. The fourth-order valence-electron chi connectivity index (χ4n) is 3.75. The van der Waals surface area contributed by atoms with Crippen molar-refractivity contribution in [3.8, 4) is 28.0 Å². The molecule has 0 aromatic heterocycles. The van der Waals surface area contributed by atoms with Crippen LogP contribution in [-0.2, 0) is 14.2 Å². The van der Waals surface area contributed by atoms with E-state index in [0.29, 0.717) is 43.5 Å². The highest BCUT2D eigenvalue weighted by molar-refractivity contribution is 5.97. The summed E-state index contributed by atoms with van der Waals surface area (Å²) >= 11 is 0. The minimum atomic E-state index is -1.24. The van der Waals surface area contributed by atoms with Gasteiger partial charge in [0.1, 0.15) is 6.61 Å². The van der Waals surface area contributed by atoms with Crippen molar-refractivity contribution >= 4 is 11.9 Å². The maximum Gasteiger partial charge on any atom is 0.338 e. The van der Waals surface area contributed by atoms with Crippen LogP contribution in [0.15, 0.2) is 60.7 Å². The zero-order valence-corrected chi connectivity index (χ0v) is 22.6. The number of hydrogen-bond acceptors (Lipinski definition) is 6.